The molecule has 0 aromatic carbocycles. The molecule has 5 atom stereocenters. The fourth-order valence-corrected chi connectivity index (χ4v) is 1.06. The van der Waals surface area contributed by atoms with Crippen LogP contribution in [0.5, 0.6) is 0 Å². The molecule has 0 spiro atoms. The van der Waals surface area contributed by atoms with Gasteiger partial charge in [-0.05, 0) is 0 Å². The number of ether oxygens (including phenoxy) is 1. The van der Waals surface area contributed by atoms with E-state index in [1.165, 1.54) is 0 Å². The van der Waals surface area contributed by atoms with Crippen LogP contribution >= 0.6 is 0 Å². The summed E-state index contributed by atoms with van der Waals surface area (Å²) < 4.78 is 17.1. The molecule has 12 heavy (non-hydrogen) atoms. The second kappa shape index (κ2) is 3.63. The van der Waals surface area contributed by atoms with Gasteiger partial charge in [0.25, 0.3) is 0 Å². The number of hydrogen-bond donors (Lipinski definition) is 4. The molecule has 4 N–H and O–H groups in total. The summed E-state index contributed by atoms with van der Waals surface area (Å²) in [7, 11) is 0. The van der Waals surface area contributed by atoms with Gasteiger partial charge in [0.1, 0.15) is 18.3 Å². The normalized spacial score (nSPS) is 49.2. The van der Waals surface area contributed by atoms with Crippen molar-refractivity contribution in [3.8, 4) is 0 Å². The predicted molar refractivity (Wildman–Crippen MR) is 34.9 cm³/mol. The molecule has 0 amide bonds. The van der Waals surface area contributed by atoms with Gasteiger partial charge in [0.2, 0.25) is 0 Å². The molecule has 1 heterocycles. The fraction of sp³-hybridized carbons (Fsp3) is 1.00. The summed E-state index contributed by atoms with van der Waals surface area (Å²) in [6, 6.07) is 0. The van der Waals surface area contributed by atoms with Gasteiger partial charge in [0, 0.05) is 0 Å². The molecule has 0 bridgehead atoms. The quantitative estimate of drug-likeness (QED) is 0.368. The van der Waals surface area contributed by atoms with E-state index < -0.39 is 37.4 Å². The van der Waals surface area contributed by atoms with Gasteiger partial charge in [-0.25, -0.2) is 4.39 Å². The van der Waals surface area contributed by atoms with Crippen molar-refractivity contribution in [2.24, 2.45) is 0 Å². The van der Waals surface area contributed by atoms with Crippen LogP contribution in [0.3, 0.4) is 0 Å². The zero-order valence-corrected chi connectivity index (χ0v) is 6.17. The van der Waals surface area contributed by atoms with E-state index in [2.05, 4.69) is 4.74 Å². The van der Waals surface area contributed by atoms with Crippen molar-refractivity contribution in [3.05, 3.63) is 0 Å². The molecule has 0 radical (unpaired) electrons. The van der Waals surface area contributed by atoms with Crippen molar-refractivity contribution < 1.29 is 29.6 Å². The Morgan fingerprint density at radius 2 is 1.75 bits per heavy atom. The molecule has 0 aromatic rings. The average molecular weight is 182 g/mol. The Bertz CT molecular complexity index is 150. The molecule has 6 heteroatoms. The number of rotatable bonds is 1. The van der Waals surface area contributed by atoms with Gasteiger partial charge in [-0.15, -0.1) is 0 Å². The molecule has 5 nitrogen and oxygen atoms in total. The molecule has 1 rings (SSSR count). The molecule has 72 valence electrons. The van der Waals surface area contributed by atoms with Gasteiger partial charge < -0.3 is 25.2 Å². The second-order valence-corrected chi connectivity index (χ2v) is 2.67. The van der Waals surface area contributed by atoms with Crippen LogP contribution in [0, 0.1) is 0 Å². The smallest absolute Gasteiger partial charge is 0.189 e. The van der Waals surface area contributed by atoms with E-state index in [0.717, 1.165) is 0 Å². The zero-order chi connectivity index (χ0) is 9.30. The first-order valence-corrected chi connectivity index (χ1v) is 3.52. The first-order chi connectivity index (χ1) is 5.57. The SMILES string of the molecule is OCC1O[C@H](O)C(F)C(O)[C@@H]1O. The molecular weight excluding hydrogens is 171 g/mol. The summed E-state index contributed by atoms with van der Waals surface area (Å²) in [6.07, 6.45) is -8.19. The highest BCUT2D eigenvalue weighted by Crippen LogP contribution is 2.21. The van der Waals surface area contributed by atoms with Crippen molar-refractivity contribution in [1.82, 2.24) is 0 Å². The van der Waals surface area contributed by atoms with Gasteiger partial charge in [-0.3, -0.25) is 0 Å². The summed E-state index contributed by atoms with van der Waals surface area (Å²) in [4.78, 5) is 0. The van der Waals surface area contributed by atoms with Crippen LogP contribution in [0.15, 0.2) is 0 Å². The maximum Gasteiger partial charge on any atom is 0.189 e. The monoisotopic (exact) mass is 182 g/mol. The number of aliphatic hydroxyl groups excluding tert-OH is 4. The first-order valence-electron chi connectivity index (χ1n) is 3.52. The van der Waals surface area contributed by atoms with E-state index in [-0.39, 0.29) is 0 Å². The standard InChI is InChI=1S/C6H11FO5/c7-3-5(10)4(9)2(1-8)12-6(3)11/h2-6,8-11H,1H2/t2?,3?,4-,5?,6+/m1/s1. The highest BCUT2D eigenvalue weighted by Gasteiger charge is 2.43. The predicted octanol–water partition coefficient (Wildman–Crippen LogP) is -2.24. The molecule has 1 fully saturated rings. The Kier molecular flexibility index (Phi) is 2.97. The number of halogens is 1. The molecule has 3 unspecified atom stereocenters. The Morgan fingerprint density at radius 1 is 1.17 bits per heavy atom. The maximum absolute atomic E-state index is 12.7. The highest BCUT2D eigenvalue weighted by molar-refractivity contribution is 4.88. The summed E-state index contributed by atoms with van der Waals surface area (Å²) in [5.74, 6) is 0. The zero-order valence-electron chi connectivity index (χ0n) is 6.17. The molecular formula is C6H11FO5. The third-order valence-electron chi connectivity index (χ3n) is 1.82. The molecule has 0 aromatic heterocycles. The third-order valence-corrected chi connectivity index (χ3v) is 1.82. The van der Waals surface area contributed by atoms with Crippen LogP contribution in [0.25, 0.3) is 0 Å². The minimum absolute atomic E-state index is 0.581. The van der Waals surface area contributed by atoms with Crippen molar-refractivity contribution >= 4 is 0 Å². The summed E-state index contributed by atoms with van der Waals surface area (Å²) in [6.45, 7) is -0.581. The van der Waals surface area contributed by atoms with Gasteiger partial charge >= 0.3 is 0 Å². The lowest BCUT2D eigenvalue weighted by atomic mass is 10.0. The first kappa shape index (κ1) is 9.82. The van der Waals surface area contributed by atoms with Gasteiger partial charge in [-0.2, -0.15) is 0 Å². The molecule has 0 saturated carbocycles. The van der Waals surface area contributed by atoms with Crippen LogP contribution in [0.2, 0.25) is 0 Å². The second-order valence-electron chi connectivity index (χ2n) is 2.67. The maximum atomic E-state index is 12.7. The lowest BCUT2D eigenvalue weighted by molar-refractivity contribution is -0.271. The van der Waals surface area contributed by atoms with E-state index in [1.54, 1.807) is 0 Å². The van der Waals surface area contributed by atoms with Crippen molar-refractivity contribution in [2.45, 2.75) is 30.8 Å². The largest absolute Gasteiger partial charge is 0.394 e. The van der Waals surface area contributed by atoms with Gasteiger partial charge in [0.15, 0.2) is 12.5 Å². The van der Waals surface area contributed by atoms with Gasteiger partial charge in [0.05, 0.1) is 6.61 Å². The van der Waals surface area contributed by atoms with Crippen LogP contribution in [0.4, 0.5) is 4.39 Å². The fourth-order valence-electron chi connectivity index (χ4n) is 1.06. The highest BCUT2D eigenvalue weighted by atomic mass is 19.1. The minimum atomic E-state index is -2.04. The van der Waals surface area contributed by atoms with E-state index in [1.807, 2.05) is 0 Å². The van der Waals surface area contributed by atoms with Crippen LogP contribution in [-0.2, 0) is 4.74 Å². The summed E-state index contributed by atoms with van der Waals surface area (Å²) in [5.41, 5.74) is 0. The number of alkyl halides is 1. The number of hydrogen-bond acceptors (Lipinski definition) is 5. The van der Waals surface area contributed by atoms with Crippen molar-refractivity contribution in [3.63, 3.8) is 0 Å². The minimum Gasteiger partial charge on any atom is -0.394 e. The third kappa shape index (κ3) is 1.57. The van der Waals surface area contributed by atoms with Crippen LogP contribution < -0.4 is 0 Å². The molecule has 1 saturated heterocycles. The van der Waals surface area contributed by atoms with Crippen LogP contribution in [-0.4, -0.2) is 57.8 Å². The van der Waals surface area contributed by atoms with Crippen molar-refractivity contribution in [2.75, 3.05) is 6.61 Å². The Morgan fingerprint density at radius 3 is 2.25 bits per heavy atom. The molecule has 1 aliphatic heterocycles. The van der Waals surface area contributed by atoms with E-state index in [0.29, 0.717) is 0 Å². The lowest BCUT2D eigenvalue weighted by Gasteiger charge is -2.36. The summed E-state index contributed by atoms with van der Waals surface area (Å²) in [5, 5.41) is 35.3. The Balaban J connectivity index is 2.63. The van der Waals surface area contributed by atoms with E-state index in [9.17, 15) is 4.39 Å². The Hall–Kier alpha value is -0.270. The number of aliphatic hydroxyl groups is 4. The van der Waals surface area contributed by atoms with E-state index in [4.69, 9.17) is 20.4 Å². The summed E-state index contributed by atoms with van der Waals surface area (Å²) >= 11 is 0. The molecule has 0 aliphatic carbocycles. The average Bonchev–Trinajstić information content (AvgIpc) is 2.08. The lowest BCUT2D eigenvalue weighted by Crippen LogP contribution is -2.56. The van der Waals surface area contributed by atoms with Crippen LogP contribution in [0.1, 0.15) is 0 Å². The topological polar surface area (TPSA) is 90.2 Å². The van der Waals surface area contributed by atoms with Crippen molar-refractivity contribution in [1.29, 1.82) is 0 Å². The van der Waals surface area contributed by atoms with Gasteiger partial charge in [-0.1, -0.05) is 0 Å². The Labute approximate surface area is 68.0 Å². The molecule has 1 aliphatic rings. The van der Waals surface area contributed by atoms with E-state index >= 15 is 0 Å².